The quantitative estimate of drug-likeness (QED) is 0.591. The van der Waals surface area contributed by atoms with Gasteiger partial charge in [-0.15, -0.1) is 0 Å². The molecule has 4 nitrogen and oxygen atoms in total. The molecule has 1 aromatic carbocycles. The first-order chi connectivity index (χ1) is 8.25. The van der Waals surface area contributed by atoms with E-state index in [1.165, 1.54) is 18.5 Å². The zero-order chi connectivity index (χ0) is 12.1. The summed E-state index contributed by atoms with van der Waals surface area (Å²) in [5.41, 5.74) is 1.02. The van der Waals surface area contributed by atoms with E-state index < -0.39 is 5.97 Å². The summed E-state index contributed by atoms with van der Waals surface area (Å²) in [7, 11) is 0. The molecule has 0 saturated heterocycles. The van der Waals surface area contributed by atoms with Crippen LogP contribution in [0.25, 0.3) is 0 Å². The molecule has 1 heterocycles. The first-order valence-electron chi connectivity index (χ1n) is 5.09. The third-order valence-corrected chi connectivity index (χ3v) is 2.20. The normalized spacial score (nSPS) is 9.33. The summed E-state index contributed by atoms with van der Waals surface area (Å²) >= 11 is 0. The second-order valence-electron chi connectivity index (χ2n) is 3.47. The number of carbonyl (C=O) groups excluding carboxylic acids is 1. The Morgan fingerprint density at radius 1 is 1.22 bits per heavy atom. The number of ether oxygens (including phenoxy) is 1. The van der Waals surface area contributed by atoms with E-state index >= 15 is 0 Å². The molecule has 18 heavy (non-hydrogen) atoms. The van der Waals surface area contributed by atoms with Crippen molar-refractivity contribution in [1.82, 2.24) is 4.98 Å². The second-order valence-corrected chi connectivity index (χ2v) is 3.47. The topological polar surface area (TPSA) is 62.2 Å². The Morgan fingerprint density at radius 3 is 2.61 bits per heavy atom. The predicted molar refractivity (Wildman–Crippen MR) is 59.3 cm³/mol. The second kappa shape index (κ2) is 7.16. The molecule has 0 bridgehead atoms. The van der Waals surface area contributed by atoms with Crippen molar-refractivity contribution in [1.29, 1.82) is 0 Å². The molecule has 0 saturated carbocycles. The fourth-order valence-electron chi connectivity index (χ4n) is 1.35. The molecule has 86 valence electrons. The van der Waals surface area contributed by atoms with Crippen molar-refractivity contribution in [3.63, 3.8) is 0 Å². The van der Waals surface area contributed by atoms with Gasteiger partial charge in [0, 0.05) is 11.8 Å². The Balaban J connectivity index is 0.00000162. The Kier molecular flexibility index (Phi) is 5.85. The van der Waals surface area contributed by atoms with Gasteiger partial charge in [0.15, 0.2) is 0 Å². The van der Waals surface area contributed by atoms with E-state index in [9.17, 15) is 9.90 Å². The molecule has 0 amide bonds. The van der Waals surface area contributed by atoms with Crippen LogP contribution >= 0.6 is 0 Å². The molecule has 5 heteroatoms. The van der Waals surface area contributed by atoms with Crippen molar-refractivity contribution < 1.29 is 44.2 Å². The van der Waals surface area contributed by atoms with Crippen molar-refractivity contribution in [2.75, 3.05) is 0 Å². The van der Waals surface area contributed by atoms with Crippen molar-refractivity contribution in [2.45, 2.75) is 6.61 Å². The summed E-state index contributed by atoms with van der Waals surface area (Å²) in [4.78, 5) is 14.4. The monoisotopic (exact) mass is 251 g/mol. The van der Waals surface area contributed by atoms with E-state index in [2.05, 4.69) is 4.98 Å². The molecule has 0 aliphatic heterocycles. The van der Waals surface area contributed by atoms with Crippen molar-refractivity contribution >= 4 is 5.97 Å². The number of carboxylic acids is 1. The minimum Gasteiger partial charge on any atom is -0.545 e. The van der Waals surface area contributed by atoms with Gasteiger partial charge in [-0.05, 0) is 11.6 Å². The third kappa shape index (κ3) is 4.14. The van der Waals surface area contributed by atoms with Gasteiger partial charge < -0.3 is 14.6 Å². The molecular formula is C13H10NNaO3. The first-order valence-corrected chi connectivity index (χ1v) is 5.09. The molecule has 2 aromatic rings. The fourth-order valence-corrected chi connectivity index (χ4v) is 1.35. The van der Waals surface area contributed by atoms with E-state index in [0.29, 0.717) is 12.4 Å². The summed E-state index contributed by atoms with van der Waals surface area (Å²) in [5.74, 6) is -0.849. The molecule has 0 atom stereocenters. The molecule has 2 rings (SSSR count). The largest absolute Gasteiger partial charge is 1.00 e. The Hall–Kier alpha value is -1.36. The van der Waals surface area contributed by atoms with E-state index in [1.54, 1.807) is 0 Å². The van der Waals surface area contributed by atoms with Crippen LogP contribution in [0.3, 0.4) is 0 Å². The number of rotatable bonds is 4. The van der Waals surface area contributed by atoms with Gasteiger partial charge in [-0.1, -0.05) is 30.3 Å². The zero-order valence-corrected chi connectivity index (χ0v) is 12.0. The van der Waals surface area contributed by atoms with E-state index in [-0.39, 0.29) is 35.1 Å². The summed E-state index contributed by atoms with van der Waals surface area (Å²) in [5, 5.41) is 10.6. The molecule has 0 radical (unpaired) electrons. The number of carbonyl (C=O) groups is 1. The van der Waals surface area contributed by atoms with Gasteiger partial charge in [0.25, 0.3) is 0 Å². The third-order valence-electron chi connectivity index (χ3n) is 2.20. The number of aromatic nitrogens is 1. The Labute approximate surface area is 127 Å². The van der Waals surface area contributed by atoms with Crippen LogP contribution in [0.5, 0.6) is 5.75 Å². The van der Waals surface area contributed by atoms with E-state index in [0.717, 1.165) is 5.56 Å². The number of pyridine rings is 1. The molecule has 0 spiro atoms. The van der Waals surface area contributed by atoms with Gasteiger partial charge >= 0.3 is 29.6 Å². The minimum atomic E-state index is -1.26. The first kappa shape index (κ1) is 14.7. The van der Waals surface area contributed by atoms with Crippen LogP contribution in [-0.2, 0) is 6.61 Å². The fraction of sp³-hybridized carbons (Fsp3) is 0.0769. The van der Waals surface area contributed by atoms with Gasteiger partial charge in [-0.3, -0.25) is 4.98 Å². The summed E-state index contributed by atoms with van der Waals surface area (Å²) in [6.45, 7) is 0.374. The number of nitrogens with zero attached hydrogens (tertiary/aromatic N) is 1. The molecule has 0 aliphatic carbocycles. The number of aromatic carboxylic acids is 1. The number of benzene rings is 1. The molecule has 0 fully saturated rings. The van der Waals surface area contributed by atoms with E-state index in [4.69, 9.17) is 4.74 Å². The number of hydrogen-bond donors (Lipinski definition) is 0. The SMILES string of the molecule is O=C([O-])c1cncc(OCc2ccccc2)c1.[Na+]. The van der Waals surface area contributed by atoms with Gasteiger partial charge in [-0.2, -0.15) is 0 Å². The Morgan fingerprint density at radius 2 is 1.94 bits per heavy atom. The van der Waals surface area contributed by atoms with Gasteiger partial charge in [-0.25, -0.2) is 0 Å². The van der Waals surface area contributed by atoms with Gasteiger partial charge in [0.05, 0.1) is 12.2 Å². The van der Waals surface area contributed by atoms with Crippen LogP contribution in [0.2, 0.25) is 0 Å². The zero-order valence-electron chi connectivity index (χ0n) is 10.00. The maximum atomic E-state index is 10.6. The van der Waals surface area contributed by atoms with Gasteiger partial charge in [0.2, 0.25) is 0 Å². The predicted octanol–water partition coefficient (Wildman–Crippen LogP) is -1.97. The molecular weight excluding hydrogens is 241 g/mol. The van der Waals surface area contributed by atoms with Crippen molar-refractivity contribution in [3.8, 4) is 5.75 Å². The maximum Gasteiger partial charge on any atom is 1.00 e. The Bertz CT molecular complexity index is 517. The van der Waals surface area contributed by atoms with Gasteiger partial charge in [0.1, 0.15) is 12.4 Å². The van der Waals surface area contributed by atoms with E-state index in [1.807, 2.05) is 30.3 Å². The van der Waals surface area contributed by atoms with Crippen molar-refractivity contribution in [2.24, 2.45) is 0 Å². The smallest absolute Gasteiger partial charge is 0.545 e. The number of hydrogen-bond acceptors (Lipinski definition) is 4. The molecule has 0 aliphatic rings. The van der Waals surface area contributed by atoms with Crippen LogP contribution < -0.4 is 39.4 Å². The average molecular weight is 251 g/mol. The van der Waals surface area contributed by atoms with Crippen LogP contribution in [0.4, 0.5) is 0 Å². The molecule has 1 aromatic heterocycles. The summed E-state index contributed by atoms with van der Waals surface area (Å²) in [6, 6.07) is 11.0. The summed E-state index contributed by atoms with van der Waals surface area (Å²) < 4.78 is 5.43. The van der Waals surface area contributed by atoms with Crippen LogP contribution in [0, 0.1) is 0 Å². The minimum absolute atomic E-state index is 0. The van der Waals surface area contributed by atoms with Crippen molar-refractivity contribution in [3.05, 3.63) is 59.9 Å². The molecule has 0 N–H and O–H groups in total. The van der Waals surface area contributed by atoms with Crippen LogP contribution in [0.15, 0.2) is 48.8 Å². The standard InChI is InChI=1S/C13H11NO3.Na/c15-13(16)11-6-12(8-14-7-11)17-9-10-4-2-1-3-5-10;/h1-8H,9H2,(H,15,16);/q;+1/p-1. The van der Waals surface area contributed by atoms with Crippen LogP contribution in [-0.4, -0.2) is 11.0 Å². The average Bonchev–Trinajstić information content (AvgIpc) is 2.38. The maximum absolute atomic E-state index is 10.6. The van der Waals surface area contributed by atoms with Crippen LogP contribution in [0.1, 0.15) is 15.9 Å². The molecule has 0 unspecified atom stereocenters. The number of carboxylic acid groups (broad SMARTS) is 1. The summed E-state index contributed by atoms with van der Waals surface area (Å²) in [6.07, 6.45) is 2.69.